The number of carbonyl (C=O) groups excluding carboxylic acids is 1. The van der Waals surface area contributed by atoms with Crippen LogP contribution in [0.4, 0.5) is 0 Å². The number of benzene rings is 1. The number of hydrogen-bond donors (Lipinski definition) is 1. The first kappa shape index (κ1) is 18.1. The van der Waals surface area contributed by atoms with Crippen molar-refractivity contribution in [3.8, 4) is 11.5 Å². The Morgan fingerprint density at radius 2 is 2.00 bits per heavy atom. The second-order valence-corrected chi connectivity index (χ2v) is 7.62. The molecule has 2 aliphatic rings. The van der Waals surface area contributed by atoms with Crippen LogP contribution in [0.5, 0.6) is 11.5 Å². The molecule has 0 aromatic heterocycles. The monoisotopic (exact) mass is 346 g/mol. The van der Waals surface area contributed by atoms with Crippen molar-refractivity contribution in [2.75, 3.05) is 26.7 Å². The minimum absolute atomic E-state index is 0.161. The normalized spacial score (nSPS) is 25.8. The number of carbonyl (C=O) groups is 1. The number of amides is 1. The van der Waals surface area contributed by atoms with Gasteiger partial charge in [-0.15, -0.1) is 0 Å². The van der Waals surface area contributed by atoms with Crippen LogP contribution in [0.15, 0.2) is 24.3 Å². The second kappa shape index (κ2) is 8.09. The predicted molar refractivity (Wildman–Crippen MR) is 98.0 cm³/mol. The second-order valence-electron chi connectivity index (χ2n) is 7.62. The van der Waals surface area contributed by atoms with E-state index in [9.17, 15) is 4.79 Å². The molecule has 1 aromatic carbocycles. The topological polar surface area (TPSA) is 50.8 Å². The van der Waals surface area contributed by atoms with Crippen LogP contribution in [0.2, 0.25) is 0 Å². The fourth-order valence-electron chi connectivity index (χ4n) is 3.99. The zero-order valence-corrected chi connectivity index (χ0v) is 15.5. The Morgan fingerprint density at radius 3 is 2.80 bits per heavy atom. The molecule has 3 rings (SSSR count). The molecular weight excluding hydrogens is 316 g/mol. The van der Waals surface area contributed by atoms with E-state index in [0.717, 1.165) is 31.0 Å². The van der Waals surface area contributed by atoms with E-state index < -0.39 is 0 Å². The SMILES string of the molecule is CC(C)Oc1cccc(OCCN(C)[C@H]2C[C@H]3CC(=O)NC[C@H]3C2)c1. The minimum atomic E-state index is 0.161. The first-order chi connectivity index (χ1) is 12.0. The maximum absolute atomic E-state index is 11.6. The molecule has 2 fully saturated rings. The van der Waals surface area contributed by atoms with Gasteiger partial charge in [0.1, 0.15) is 18.1 Å². The van der Waals surface area contributed by atoms with Crippen LogP contribution >= 0.6 is 0 Å². The van der Waals surface area contributed by atoms with Crippen molar-refractivity contribution in [2.45, 2.75) is 45.3 Å². The third-order valence-corrected chi connectivity index (χ3v) is 5.34. The van der Waals surface area contributed by atoms with Gasteiger partial charge in [0.15, 0.2) is 0 Å². The molecule has 25 heavy (non-hydrogen) atoms. The van der Waals surface area contributed by atoms with Gasteiger partial charge in [0.2, 0.25) is 5.91 Å². The number of fused-ring (bicyclic) bond motifs is 1. The molecule has 1 amide bonds. The molecular formula is C20H30N2O3. The summed E-state index contributed by atoms with van der Waals surface area (Å²) in [6, 6.07) is 8.38. The molecule has 0 unspecified atom stereocenters. The molecule has 5 heteroatoms. The number of likely N-dealkylation sites (N-methyl/N-ethyl adjacent to an activating group) is 1. The summed E-state index contributed by atoms with van der Waals surface area (Å²) in [4.78, 5) is 13.9. The van der Waals surface area contributed by atoms with Crippen LogP contribution in [0.25, 0.3) is 0 Å². The number of piperidine rings is 1. The smallest absolute Gasteiger partial charge is 0.220 e. The summed E-state index contributed by atoms with van der Waals surface area (Å²) >= 11 is 0. The van der Waals surface area contributed by atoms with Gasteiger partial charge in [0.25, 0.3) is 0 Å². The number of nitrogens with zero attached hydrogens (tertiary/aromatic N) is 1. The Morgan fingerprint density at radius 1 is 1.24 bits per heavy atom. The van der Waals surface area contributed by atoms with Crippen molar-refractivity contribution in [1.29, 1.82) is 0 Å². The summed E-state index contributed by atoms with van der Waals surface area (Å²) in [5, 5.41) is 3.00. The van der Waals surface area contributed by atoms with Crippen LogP contribution in [0.1, 0.15) is 33.1 Å². The van der Waals surface area contributed by atoms with E-state index in [1.807, 2.05) is 38.1 Å². The predicted octanol–water partition coefficient (Wildman–Crippen LogP) is 2.70. The summed E-state index contributed by atoms with van der Waals surface area (Å²) < 4.78 is 11.6. The van der Waals surface area contributed by atoms with Crippen LogP contribution in [-0.4, -0.2) is 49.7 Å². The fraction of sp³-hybridized carbons (Fsp3) is 0.650. The maximum Gasteiger partial charge on any atom is 0.220 e. The van der Waals surface area contributed by atoms with Crippen molar-refractivity contribution in [2.24, 2.45) is 11.8 Å². The van der Waals surface area contributed by atoms with Crippen LogP contribution < -0.4 is 14.8 Å². The lowest BCUT2D eigenvalue weighted by atomic mass is 9.89. The van der Waals surface area contributed by atoms with Gasteiger partial charge < -0.3 is 19.7 Å². The Kier molecular flexibility index (Phi) is 5.84. The highest BCUT2D eigenvalue weighted by atomic mass is 16.5. The summed E-state index contributed by atoms with van der Waals surface area (Å²) in [6.07, 6.45) is 3.17. The van der Waals surface area contributed by atoms with Crippen molar-refractivity contribution in [3.63, 3.8) is 0 Å². The van der Waals surface area contributed by atoms with E-state index >= 15 is 0 Å². The van der Waals surface area contributed by atoms with E-state index in [2.05, 4.69) is 17.3 Å². The quantitative estimate of drug-likeness (QED) is 0.825. The summed E-state index contributed by atoms with van der Waals surface area (Å²) in [5.74, 6) is 3.12. The lowest BCUT2D eigenvalue weighted by Gasteiger charge is -2.24. The number of ether oxygens (including phenoxy) is 2. The van der Waals surface area contributed by atoms with Crippen LogP contribution in [0.3, 0.4) is 0 Å². The molecule has 1 aliphatic carbocycles. The summed E-state index contributed by atoms with van der Waals surface area (Å²) in [7, 11) is 2.17. The highest BCUT2D eigenvalue weighted by Crippen LogP contribution is 2.38. The summed E-state index contributed by atoms with van der Waals surface area (Å²) in [5.41, 5.74) is 0. The lowest BCUT2D eigenvalue weighted by molar-refractivity contribution is -0.124. The highest BCUT2D eigenvalue weighted by molar-refractivity contribution is 5.77. The van der Waals surface area contributed by atoms with Gasteiger partial charge in [0, 0.05) is 31.6 Å². The van der Waals surface area contributed by atoms with Crippen LogP contribution in [-0.2, 0) is 4.79 Å². The lowest BCUT2D eigenvalue weighted by Crippen LogP contribution is -2.38. The van der Waals surface area contributed by atoms with Gasteiger partial charge in [0.05, 0.1) is 6.10 Å². The first-order valence-corrected chi connectivity index (χ1v) is 9.37. The Hall–Kier alpha value is -1.75. The third-order valence-electron chi connectivity index (χ3n) is 5.34. The van der Waals surface area contributed by atoms with Gasteiger partial charge in [-0.25, -0.2) is 0 Å². The molecule has 138 valence electrons. The van der Waals surface area contributed by atoms with Gasteiger partial charge >= 0.3 is 0 Å². The van der Waals surface area contributed by atoms with Gasteiger partial charge in [-0.2, -0.15) is 0 Å². The largest absolute Gasteiger partial charge is 0.492 e. The van der Waals surface area contributed by atoms with Gasteiger partial charge in [-0.3, -0.25) is 4.79 Å². The third kappa shape index (κ3) is 4.88. The highest BCUT2D eigenvalue weighted by Gasteiger charge is 2.39. The fourth-order valence-corrected chi connectivity index (χ4v) is 3.99. The zero-order chi connectivity index (χ0) is 17.8. The molecule has 1 heterocycles. The maximum atomic E-state index is 11.6. The Bertz CT molecular complexity index is 590. The molecule has 5 nitrogen and oxygen atoms in total. The number of nitrogens with one attached hydrogen (secondary N) is 1. The number of hydrogen-bond acceptors (Lipinski definition) is 4. The molecule has 1 aliphatic heterocycles. The van der Waals surface area contributed by atoms with Crippen LogP contribution in [0, 0.1) is 11.8 Å². The molecule has 3 atom stereocenters. The zero-order valence-electron chi connectivity index (χ0n) is 15.5. The van der Waals surface area contributed by atoms with E-state index in [1.165, 1.54) is 6.42 Å². The van der Waals surface area contributed by atoms with Crippen molar-refractivity contribution < 1.29 is 14.3 Å². The standard InChI is InChI=1S/C20H30N2O3/c1-14(2)25-19-6-4-5-18(12-19)24-8-7-22(3)17-9-15-11-20(23)21-13-16(15)10-17/h4-6,12,14-17H,7-11,13H2,1-3H3,(H,21,23)/t15-,16+,17-/m0/s1. The average molecular weight is 346 g/mol. The van der Waals surface area contributed by atoms with Crippen molar-refractivity contribution >= 4 is 5.91 Å². The van der Waals surface area contributed by atoms with E-state index in [-0.39, 0.29) is 12.0 Å². The van der Waals surface area contributed by atoms with E-state index in [0.29, 0.717) is 30.9 Å². The van der Waals surface area contributed by atoms with E-state index in [4.69, 9.17) is 9.47 Å². The molecule has 1 saturated carbocycles. The molecule has 1 N–H and O–H groups in total. The van der Waals surface area contributed by atoms with Gasteiger partial charge in [-0.05, 0) is 57.7 Å². The first-order valence-electron chi connectivity index (χ1n) is 9.37. The Labute approximate surface area is 150 Å². The molecule has 1 aromatic rings. The minimum Gasteiger partial charge on any atom is -0.492 e. The number of rotatable bonds is 7. The summed E-state index contributed by atoms with van der Waals surface area (Å²) in [6.45, 7) is 6.44. The molecule has 0 bridgehead atoms. The Balaban J connectivity index is 1.44. The average Bonchev–Trinajstić information content (AvgIpc) is 2.97. The molecule has 1 saturated heterocycles. The molecule has 0 radical (unpaired) electrons. The van der Waals surface area contributed by atoms with E-state index in [1.54, 1.807) is 0 Å². The molecule has 0 spiro atoms. The van der Waals surface area contributed by atoms with Crippen molar-refractivity contribution in [3.05, 3.63) is 24.3 Å². The van der Waals surface area contributed by atoms with Crippen molar-refractivity contribution in [1.82, 2.24) is 10.2 Å². The van der Waals surface area contributed by atoms with Gasteiger partial charge in [-0.1, -0.05) is 6.07 Å².